The maximum Gasteiger partial charge on any atom is 0.249 e. The Bertz CT molecular complexity index is 1260. The van der Waals surface area contributed by atoms with Crippen LogP contribution in [0.5, 0.6) is 0 Å². The smallest absolute Gasteiger partial charge is 0.249 e. The van der Waals surface area contributed by atoms with E-state index < -0.39 is 21.8 Å². The first-order valence-corrected chi connectivity index (χ1v) is 12.8. The number of rotatable bonds is 11. The fraction of sp³-hybridized carbons (Fsp3) is 0.259. The highest BCUT2D eigenvalue weighted by atomic mass is 32.2. The number of sulfonamides is 1. The Hall–Kier alpha value is -3.29. The van der Waals surface area contributed by atoms with E-state index in [1.54, 1.807) is 24.3 Å². The van der Waals surface area contributed by atoms with Crippen LogP contribution in [-0.2, 0) is 14.8 Å². The number of hydrogen-bond acceptors (Lipinski definition) is 4. The first kappa shape index (κ1) is 25.3. The van der Waals surface area contributed by atoms with Crippen molar-refractivity contribution in [1.82, 2.24) is 4.72 Å². The molecule has 0 aliphatic rings. The highest BCUT2D eigenvalue weighted by Gasteiger charge is 2.27. The van der Waals surface area contributed by atoms with Crippen LogP contribution in [0.2, 0.25) is 0 Å². The first-order valence-electron chi connectivity index (χ1n) is 11.3. The van der Waals surface area contributed by atoms with Crippen molar-refractivity contribution in [3.8, 4) is 11.1 Å². The average Bonchev–Trinajstić information content (AvgIpc) is 2.84. The SMILES string of the molecule is CCCCC(C(=O)CNS(=O)(=O)c1ccccc1)c1cc(C)c(-c2ccccc2)cc1C(N)=O. The second-order valence-electron chi connectivity index (χ2n) is 8.28. The Balaban J connectivity index is 1.96. The van der Waals surface area contributed by atoms with E-state index in [1.807, 2.05) is 50.2 Å². The third kappa shape index (κ3) is 5.98. The van der Waals surface area contributed by atoms with Gasteiger partial charge in [-0.05, 0) is 53.8 Å². The number of hydrogen-bond donors (Lipinski definition) is 2. The molecule has 7 heteroatoms. The molecular weight excluding hydrogens is 448 g/mol. The van der Waals surface area contributed by atoms with Crippen LogP contribution in [0.15, 0.2) is 77.7 Å². The van der Waals surface area contributed by atoms with Crippen LogP contribution >= 0.6 is 0 Å². The van der Waals surface area contributed by atoms with Gasteiger partial charge in [0.15, 0.2) is 5.78 Å². The summed E-state index contributed by atoms with van der Waals surface area (Å²) in [5.74, 6) is -1.57. The molecule has 0 bridgehead atoms. The van der Waals surface area contributed by atoms with Crippen LogP contribution in [-0.4, -0.2) is 26.7 Å². The molecule has 3 aromatic carbocycles. The van der Waals surface area contributed by atoms with E-state index in [0.717, 1.165) is 29.5 Å². The zero-order valence-corrected chi connectivity index (χ0v) is 20.3. The summed E-state index contributed by atoms with van der Waals surface area (Å²) in [6.45, 7) is 3.57. The summed E-state index contributed by atoms with van der Waals surface area (Å²) in [4.78, 5) is 25.8. The number of Topliss-reactive ketones (excluding diaryl/α,β-unsaturated/α-hetero) is 1. The summed E-state index contributed by atoms with van der Waals surface area (Å²) in [5, 5.41) is 0. The molecule has 3 N–H and O–H groups in total. The van der Waals surface area contributed by atoms with E-state index in [4.69, 9.17) is 5.73 Å². The van der Waals surface area contributed by atoms with Gasteiger partial charge in [0.05, 0.1) is 11.4 Å². The number of carbonyl (C=O) groups is 2. The predicted octanol–water partition coefficient (Wildman–Crippen LogP) is 4.58. The minimum atomic E-state index is -3.83. The lowest BCUT2D eigenvalue weighted by Gasteiger charge is -2.21. The van der Waals surface area contributed by atoms with Gasteiger partial charge in [0.1, 0.15) is 0 Å². The molecule has 0 aromatic heterocycles. The molecule has 0 spiro atoms. The highest BCUT2D eigenvalue weighted by molar-refractivity contribution is 7.89. The molecule has 178 valence electrons. The van der Waals surface area contributed by atoms with Gasteiger partial charge in [0.25, 0.3) is 0 Å². The Kier molecular flexibility index (Phi) is 8.36. The molecular formula is C27H30N2O4S. The maximum atomic E-state index is 13.3. The lowest BCUT2D eigenvalue weighted by molar-refractivity contribution is -0.119. The zero-order valence-electron chi connectivity index (χ0n) is 19.5. The molecule has 0 aliphatic carbocycles. The molecule has 3 rings (SSSR count). The van der Waals surface area contributed by atoms with Gasteiger partial charge in [0, 0.05) is 11.5 Å². The van der Waals surface area contributed by atoms with Gasteiger partial charge in [0.2, 0.25) is 15.9 Å². The van der Waals surface area contributed by atoms with Gasteiger partial charge >= 0.3 is 0 Å². The number of nitrogens with two attached hydrogens (primary N) is 1. The van der Waals surface area contributed by atoms with Crippen molar-refractivity contribution in [2.45, 2.75) is 43.9 Å². The Labute approximate surface area is 201 Å². The summed E-state index contributed by atoms with van der Waals surface area (Å²) >= 11 is 0. The van der Waals surface area contributed by atoms with Gasteiger partial charge in [-0.15, -0.1) is 0 Å². The number of primary amides is 1. The van der Waals surface area contributed by atoms with Gasteiger partial charge < -0.3 is 5.73 Å². The minimum absolute atomic E-state index is 0.0915. The zero-order chi connectivity index (χ0) is 24.7. The fourth-order valence-electron chi connectivity index (χ4n) is 4.03. The average molecular weight is 479 g/mol. The van der Waals surface area contributed by atoms with Crippen LogP contribution in [0.1, 0.15) is 53.6 Å². The topological polar surface area (TPSA) is 106 Å². The summed E-state index contributed by atoms with van der Waals surface area (Å²) in [7, 11) is -3.83. The van der Waals surface area contributed by atoms with E-state index >= 15 is 0 Å². The lowest BCUT2D eigenvalue weighted by atomic mass is 9.83. The summed E-state index contributed by atoms with van der Waals surface area (Å²) in [6.07, 6.45) is 2.10. The largest absolute Gasteiger partial charge is 0.366 e. The van der Waals surface area contributed by atoms with E-state index in [1.165, 1.54) is 12.1 Å². The van der Waals surface area contributed by atoms with Gasteiger partial charge in [-0.3, -0.25) is 9.59 Å². The minimum Gasteiger partial charge on any atom is -0.366 e. The molecule has 3 aromatic rings. The highest BCUT2D eigenvalue weighted by Crippen LogP contribution is 2.33. The van der Waals surface area contributed by atoms with Gasteiger partial charge in [-0.2, -0.15) is 0 Å². The van der Waals surface area contributed by atoms with Gasteiger partial charge in [-0.25, -0.2) is 13.1 Å². The molecule has 1 unspecified atom stereocenters. The number of nitrogens with one attached hydrogen (secondary N) is 1. The van der Waals surface area contributed by atoms with Crippen LogP contribution in [0, 0.1) is 6.92 Å². The summed E-state index contributed by atoms with van der Waals surface area (Å²) in [6, 6.07) is 21.1. The molecule has 34 heavy (non-hydrogen) atoms. The van der Waals surface area contributed by atoms with Crippen molar-refractivity contribution in [3.63, 3.8) is 0 Å². The van der Waals surface area contributed by atoms with E-state index in [0.29, 0.717) is 12.0 Å². The monoisotopic (exact) mass is 478 g/mol. The molecule has 0 radical (unpaired) electrons. The quantitative estimate of drug-likeness (QED) is 0.421. The van der Waals surface area contributed by atoms with Crippen LogP contribution in [0.4, 0.5) is 0 Å². The van der Waals surface area contributed by atoms with E-state index in [-0.39, 0.29) is 22.8 Å². The Morgan fingerprint density at radius 1 is 0.971 bits per heavy atom. The number of amides is 1. The molecule has 0 aliphatic heterocycles. The van der Waals surface area contributed by atoms with Crippen molar-refractivity contribution < 1.29 is 18.0 Å². The molecule has 0 fully saturated rings. The summed E-state index contributed by atoms with van der Waals surface area (Å²) in [5.41, 5.74) is 9.28. The number of aryl methyl sites for hydroxylation is 1. The van der Waals surface area contributed by atoms with E-state index in [9.17, 15) is 18.0 Å². The van der Waals surface area contributed by atoms with Crippen LogP contribution < -0.4 is 10.5 Å². The molecule has 1 amide bonds. The van der Waals surface area contributed by atoms with Crippen molar-refractivity contribution in [3.05, 3.63) is 89.5 Å². The van der Waals surface area contributed by atoms with Crippen molar-refractivity contribution >= 4 is 21.7 Å². The number of benzene rings is 3. The second kappa shape index (κ2) is 11.2. The normalized spacial score (nSPS) is 12.3. The van der Waals surface area contributed by atoms with Crippen molar-refractivity contribution in [2.24, 2.45) is 5.73 Å². The number of unbranched alkanes of at least 4 members (excludes halogenated alkanes) is 1. The molecule has 0 heterocycles. The van der Waals surface area contributed by atoms with Crippen LogP contribution in [0.3, 0.4) is 0 Å². The number of ketones is 1. The number of carbonyl (C=O) groups excluding carboxylic acids is 2. The third-order valence-electron chi connectivity index (χ3n) is 5.85. The summed E-state index contributed by atoms with van der Waals surface area (Å²) < 4.78 is 27.6. The van der Waals surface area contributed by atoms with Crippen LogP contribution in [0.25, 0.3) is 11.1 Å². The Morgan fingerprint density at radius 2 is 1.59 bits per heavy atom. The Morgan fingerprint density at radius 3 is 2.18 bits per heavy atom. The fourth-order valence-corrected chi connectivity index (χ4v) is 5.05. The van der Waals surface area contributed by atoms with Crippen molar-refractivity contribution in [2.75, 3.05) is 6.54 Å². The first-order chi connectivity index (χ1) is 16.2. The lowest BCUT2D eigenvalue weighted by Crippen LogP contribution is -2.33. The second-order valence-corrected chi connectivity index (χ2v) is 10.1. The molecule has 0 saturated heterocycles. The third-order valence-corrected chi connectivity index (χ3v) is 7.26. The molecule has 6 nitrogen and oxygen atoms in total. The van der Waals surface area contributed by atoms with Crippen molar-refractivity contribution in [1.29, 1.82) is 0 Å². The molecule has 0 saturated carbocycles. The van der Waals surface area contributed by atoms with Gasteiger partial charge in [-0.1, -0.05) is 74.4 Å². The predicted molar refractivity (Wildman–Crippen MR) is 134 cm³/mol. The van der Waals surface area contributed by atoms with E-state index in [2.05, 4.69) is 4.72 Å². The standard InChI is InChI=1S/C27H30N2O4S/c1-3-4-15-22(26(30)18-29-34(32,33)21-13-9-6-10-14-21)24-16-19(2)23(17-25(24)27(28)31)20-11-7-5-8-12-20/h5-14,16-17,22,29H,3-4,15,18H2,1-2H3,(H2,28,31). The maximum absolute atomic E-state index is 13.3. The molecule has 1 atom stereocenters.